The molecule has 2 rings (SSSR count). The van der Waals surface area contributed by atoms with Crippen LogP contribution in [0.1, 0.15) is 5.56 Å². The van der Waals surface area contributed by atoms with Gasteiger partial charge in [-0.05, 0) is 18.2 Å². The number of rotatable bonds is 3. The van der Waals surface area contributed by atoms with E-state index >= 15 is 0 Å². The van der Waals surface area contributed by atoms with Gasteiger partial charge >= 0.3 is 6.18 Å². The highest BCUT2D eigenvalue weighted by Crippen LogP contribution is 2.29. The van der Waals surface area contributed by atoms with Gasteiger partial charge in [-0.1, -0.05) is 29.3 Å². The first-order valence-corrected chi connectivity index (χ1v) is 7.06. The summed E-state index contributed by atoms with van der Waals surface area (Å²) in [5.41, 5.74) is -2.43. The third-order valence-corrected chi connectivity index (χ3v) is 3.47. The number of anilines is 1. The second kappa shape index (κ2) is 6.82. The third-order valence-electron chi connectivity index (χ3n) is 2.91. The van der Waals surface area contributed by atoms with Gasteiger partial charge in [-0.25, -0.2) is 4.39 Å². The van der Waals surface area contributed by atoms with Crippen molar-refractivity contribution in [3.8, 4) is 0 Å². The topological polar surface area (TPSA) is 51.1 Å². The Labute approximate surface area is 142 Å². The Bertz CT molecular complexity index is 850. The van der Waals surface area contributed by atoms with Gasteiger partial charge in [0.05, 0.1) is 16.3 Å². The third kappa shape index (κ3) is 4.07. The Balaban J connectivity index is 2.27. The molecule has 0 spiro atoms. The number of amides is 1. The van der Waals surface area contributed by atoms with Gasteiger partial charge in [0.2, 0.25) is 5.91 Å². The Hall–Kier alpha value is -2.06. The summed E-state index contributed by atoms with van der Waals surface area (Å²) < 4.78 is 52.3. The monoisotopic (exact) mass is 382 g/mol. The predicted molar refractivity (Wildman–Crippen MR) is 80.8 cm³/mol. The van der Waals surface area contributed by atoms with Crippen molar-refractivity contribution in [1.82, 2.24) is 4.57 Å². The number of halogens is 6. The van der Waals surface area contributed by atoms with E-state index in [0.29, 0.717) is 16.8 Å². The standard InChI is InChI=1S/C14H8Cl2F4N2O2/c15-8-2-1-3-10(12(8)17)21-11(23)6-22-5-7(14(18,19)20)4-9(16)13(22)24/h1-5H,6H2,(H,21,23). The van der Waals surface area contributed by atoms with Crippen molar-refractivity contribution in [3.63, 3.8) is 0 Å². The van der Waals surface area contributed by atoms with Gasteiger partial charge in [0.25, 0.3) is 5.56 Å². The summed E-state index contributed by atoms with van der Waals surface area (Å²) in [6.45, 7) is -0.783. The second-order valence-electron chi connectivity index (χ2n) is 4.66. The zero-order valence-electron chi connectivity index (χ0n) is 11.6. The van der Waals surface area contributed by atoms with E-state index in [1.807, 2.05) is 0 Å². The molecule has 0 aliphatic carbocycles. The molecular weight excluding hydrogens is 375 g/mol. The molecule has 0 unspecified atom stereocenters. The Morgan fingerprint density at radius 3 is 2.50 bits per heavy atom. The first kappa shape index (κ1) is 18.3. The lowest BCUT2D eigenvalue weighted by Crippen LogP contribution is -2.29. The smallest absolute Gasteiger partial charge is 0.322 e. The summed E-state index contributed by atoms with van der Waals surface area (Å²) in [6.07, 6.45) is -4.28. The number of benzene rings is 1. The molecule has 1 aromatic heterocycles. The van der Waals surface area contributed by atoms with Crippen molar-refractivity contribution < 1.29 is 22.4 Å². The molecule has 0 saturated carbocycles. The van der Waals surface area contributed by atoms with Crippen molar-refractivity contribution in [1.29, 1.82) is 0 Å². The molecule has 0 radical (unpaired) electrons. The quantitative estimate of drug-likeness (QED) is 0.817. The number of carbonyl (C=O) groups is 1. The highest BCUT2D eigenvalue weighted by Gasteiger charge is 2.32. The Kier molecular flexibility index (Phi) is 5.19. The summed E-state index contributed by atoms with van der Waals surface area (Å²) in [5.74, 6) is -1.82. The van der Waals surface area contributed by atoms with E-state index in [0.717, 1.165) is 0 Å². The van der Waals surface area contributed by atoms with Gasteiger partial charge in [-0.2, -0.15) is 13.2 Å². The van der Waals surface area contributed by atoms with Gasteiger partial charge in [0.1, 0.15) is 11.6 Å². The molecule has 0 saturated heterocycles. The van der Waals surface area contributed by atoms with Gasteiger partial charge in [-0.3, -0.25) is 9.59 Å². The van der Waals surface area contributed by atoms with Crippen molar-refractivity contribution >= 4 is 34.8 Å². The van der Waals surface area contributed by atoms with Crippen molar-refractivity contribution in [3.05, 3.63) is 62.2 Å². The number of pyridine rings is 1. The largest absolute Gasteiger partial charge is 0.417 e. The highest BCUT2D eigenvalue weighted by molar-refractivity contribution is 6.31. The molecule has 4 nitrogen and oxygen atoms in total. The van der Waals surface area contributed by atoms with Crippen LogP contribution >= 0.6 is 23.2 Å². The van der Waals surface area contributed by atoms with Crippen LogP contribution < -0.4 is 10.9 Å². The highest BCUT2D eigenvalue weighted by atomic mass is 35.5. The minimum Gasteiger partial charge on any atom is -0.322 e. The number of aromatic nitrogens is 1. The summed E-state index contributed by atoms with van der Waals surface area (Å²) in [4.78, 5) is 23.6. The van der Waals surface area contributed by atoms with E-state index in [2.05, 4.69) is 5.32 Å². The van der Waals surface area contributed by atoms with E-state index in [1.165, 1.54) is 18.2 Å². The summed E-state index contributed by atoms with van der Waals surface area (Å²) in [7, 11) is 0. The molecule has 0 atom stereocenters. The van der Waals surface area contributed by atoms with Crippen LogP contribution in [-0.2, 0) is 17.5 Å². The summed E-state index contributed by atoms with van der Waals surface area (Å²) in [5, 5.41) is 1.19. The molecule has 128 valence electrons. The van der Waals surface area contributed by atoms with Crippen LogP contribution in [0.3, 0.4) is 0 Å². The molecular formula is C14H8Cl2F4N2O2. The lowest BCUT2D eigenvalue weighted by atomic mass is 10.2. The number of hydrogen-bond acceptors (Lipinski definition) is 2. The minimum atomic E-state index is -4.74. The summed E-state index contributed by atoms with van der Waals surface area (Å²) in [6, 6.07) is 4.30. The van der Waals surface area contributed by atoms with Crippen molar-refractivity contribution in [2.75, 3.05) is 5.32 Å². The maximum absolute atomic E-state index is 13.7. The number of nitrogens with one attached hydrogen (secondary N) is 1. The number of alkyl halides is 3. The Morgan fingerprint density at radius 1 is 1.21 bits per heavy atom. The number of nitrogens with zero attached hydrogens (tertiary/aromatic N) is 1. The number of hydrogen-bond donors (Lipinski definition) is 1. The molecule has 2 aromatic rings. The van der Waals surface area contributed by atoms with Crippen molar-refractivity contribution in [2.45, 2.75) is 12.7 Å². The maximum atomic E-state index is 13.7. The second-order valence-corrected chi connectivity index (χ2v) is 5.47. The molecule has 0 aliphatic rings. The van der Waals surface area contributed by atoms with E-state index in [9.17, 15) is 27.2 Å². The van der Waals surface area contributed by atoms with Crippen LogP contribution in [0, 0.1) is 5.82 Å². The average molecular weight is 383 g/mol. The number of carbonyl (C=O) groups excluding carboxylic acids is 1. The molecule has 1 aromatic carbocycles. The zero-order chi connectivity index (χ0) is 18.1. The molecule has 0 bridgehead atoms. The first-order valence-electron chi connectivity index (χ1n) is 6.30. The van der Waals surface area contributed by atoms with Crippen LogP contribution in [-0.4, -0.2) is 10.5 Å². The van der Waals surface area contributed by atoms with Crippen LogP contribution in [0.2, 0.25) is 10.0 Å². The SMILES string of the molecule is O=C(Cn1cc(C(F)(F)F)cc(Cl)c1=O)Nc1cccc(Cl)c1F. The fourth-order valence-corrected chi connectivity index (χ4v) is 2.22. The lowest BCUT2D eigenvalue weighted by molar-refractivity contribution is -0.138. The molecule has 10 heteroatoms. The van der Waals surface area contributed by atoms with E-state index < -0.39 is 40.6 Å². The predicted octanol–water partition coefficient (Wildman–Crippen LogP) is 3.95. The Morgan fingerprint density at radius 2 is 1.88 bits per heavy atom. The van der Waals surface area contributed by atoms with Crippen molar-refractivity contribution in [2.24, 2.45) is 0 Å². The van der Waals surface area contributed by atoms with Crippen LogP contribution in [0.15, 0.2) is 35.3 Å². The first-order chi connectivity index (χ1) is 11.1. The normalized spacial score (nSPS) is 11.4. The molecule has 1 amide bonds. The van der Waals surface area contributed by atoms with Crippen LogP contribution in [0.5, 0.6) is 0 Å². The zero-order valence-corrected chi connectivity index (χ0v) is 13.1. The lowest BCUT2D eigenvalue weighted by Gasteiger charge is -2.12. The van der Waals surface area contributed by atoms with E-state index in [-0.39, 0.29) is 10.7 Å². The fraction of sp³-hybridized carbons (Fsp3) is 0.143. The van der Waals surface area contributed by atoms with E-state index in [1.54, 1.807) is 0 Å². The summed E-state index contributed by atoms with van der Waals surface area (Å²) >= 11 is 11.0. The maximum Gasteiger partial charge on any atom is 0.417 e. The average Bonchev–Trinajstić information content (AvgIpc) is 2.47. The molecule has 1 heterocycles. The van der Waals surface area contributed by atoms with Gasteiger partial charge < -0.3 is 9.88 Å². The molecule has 0 fully saturated rings. The molecule has 24 heavy (non-hydrogen) atoms. The van der Waals surface area contributed by atoms with E-state index in [4.69, 9.17) is 23.2 Å². The fourth-order valence-electron chi connectivity index (χ4n) is 1.82. The van der Waals surface area contributed by atoms with Gasteiger partial charge in [0, 0.05) is 6.20 Å². The van der Waals surface area contributed by atoms with Crippen LogP contribution in [0.25, 0.3) is 0 Å². The van der Waals surface area contributed by atoms with Crippen LogP contribution in [0.4, 0.5) is 23.2 Å². The van der Waals surface area contributed by atoms with Gasteiger partial charge in [0.15, 0.2) is 5.82 Å². The molecule has 1 N–H and O–H groups in total. The minimum absolute atomic E-state index is 0.243. The molecule has 0 aliphatic heterocycles. The van der Waals surface area contributed by atoms with Gasteiger partial charge in [-0.15, -0.1) is 0 Å².